The second-order valence-corrected chi connectivity index (χ2v) is 7.31. The van der Waals surface area contributed by atoms with Crippen LogP contribution in [0.15, 0.2) is 46.7 Å². The quantitative estimate of drug-likeness (QED) is 0.270. The van der Waals surface area contributed by atoms with Gasteiger partial charge in [0.25, 0.3) is 11.6 Å². The fraction of sp³-hybridized carbons (Fsp3) is 0.333. The van der Waals surface area contributed by atoms with E-state index in [1.807, 2.05) is 0 Å². The highest BCUT2D eigenvalue weighted by Crippen LogP contribution is 2.31. The summed E-state index contributed by atoms with van der Waals surface area (Å²) in [5.74, 6) is 0.000145. The molecule has 1 aliphatic heterocycles. The zero-order chi connectivity index (χ0) is 20.4. The zero-order valence-electron chi connectivity index (χ0n) is 15.8. The fourth-order valence-electron chi connectivity index (χ4n) is 3.99. The van der Waals surface area contributed by atoms with Gasteiger partial charge in [-0.3, -0.25) is 19.8 Å². The van der Waals surface area contributed by atoms with Crippen molar-refractivity contribution < 1.29 is 18.9 Å². The first-order valence-electron chi connectivity index (χ1n) is 9.73. The van der Waals surface area contributed by atoms with Crippen LogP contribution in [0.2, 0.25) is 0 Å². The van der Waals surface area contributed by atoms with Crippen LogP contribution in [0.4, 0.5) is 10.5 Å². The van der Waals surface area contributed by atoms with Gasteiger partial charge in [-0.2, -0.15) is 0 Å². The lowest BCUT2D eigenvalue weighted by atomic mass is 10.0. The molecule has 1 saturated heterocycles. The number of rotatable bonds is 4. The third-order valence-corrected chi connectivity index (χ3v) is 5.44. The highest BCUT2D eigenvalue weighted by atomic mass is 16.6. The Balaban J connectivity index is 1.62. The predicted molar refractivity (Wildman–Crippen MR) is 106 cm³/mol. The molecule has 29 heavy (non-hydrogen) atoms. The fourth-order valence-corrected chi connectivity index (χ4v) is 3.99. The average molecular weight is 395 g/mol. The number of nitro groups is 1. The molecule has 0 spiro atoms. The predicted octanol–water partition coefficient (Wildman–Crippen LogP) is 4.47. The van der Waals surface area contributed by atoms with Gasteiger partial charge in [0.15, 0.2) is 0 Å². The molecule has 8 heteroatoms. The van der Waals surface area contributed by atoms with Crippen LogP contribution in [0.1, 0.15) is 44.3 Å². The molecule has 1 N–H and O–H groups in total. The van der Waals surface area contributed by atoms with Crippen LogP contribution in [0.3, 0.4) is 0 Å². The molecule has 1 aliphatic carbocycles. The molecule has 2 heterocycles. The number of nitrogens with one attached hydrogen (secondary N) is 1. The van der Waals surface area contributed by atoms with Crippen molar-refractivity contribution in [2.45, 2.75) is 44.6 Å². The molecule has 3 amide bonds. The molecule has 0 radical (unpaired) electrons. The lowest BCUT2D eigenvalue weighted by Crippen LogP contribution is -2.40. The van der Waals surface area contributed by atoms with Crippen molar-refractivity contribution in [3.8, 4) is 11.1 Å². The van der Waals surface area contributed by atoms with E-state index in [2.05, 4.69) is 5.32 Å². The van der Waals surface area contributed by atoms with Gasteiger partial charge in [0.05, 0.1) is 11.2 Å². The van der Waals surface area contributed by atoms with E-state index < -0.39 is 11.0 Å². The minimum Gasteiger partial charge on any atom is -0.464 e. The summed E-state index contributed by atoms with van der Waals surface area (Å²) >= 11 is 0. The largest absolute Gasteiger partial charge is 0.464 e. The second-order valence-electron chi connectivity index (χ2n) is 7.31. The van der Waals surface area contributed by atoms with E-state index in [1.165, 1.54) is 29.4 Å². The zero-order valence-corrected chi connectivity index (χ0v) is 15.8. The van der Waals surface area contributed by atoms with E-state index in [9.17, 15) is 19.7 Å². The highest BCUT2D eigenvalue weighted by molar-refractivity contribution is 6.14. The number of hydrogen-bond acceptors (Lipinski definition) is 5. The monoisotopic (exact) mass is 395 g/mol. The van der Waals surface area contributed by atoms with E-state index in [-0.39, 0.29) is 23.3 Å². The number of non-ortho nitro benzene ring substituents is 1. The molecule has 1 aromatic carbocycles. The number of urea groups is 1. The number of benzene rings is 1. The van der Waals surface area contributed by atoms with E-state index in [0.717, 1.165) is 38.5 Å². The SMILES string of the molecule is O=C1NC(=Cc2occc2-c2cccc([N+](=O)[O-])c2)C(=O)N1C1CCCCCC1. The van der Waals surface area contributed by atoms with Gasteiger partial charge >= 0.3 is 6.03 Å². The van der Waals surface area contributed by atoms with Crippen LogP contribution in [0.5, 0.6) is 0 Å². The van der Waals surface area contributed by atoms with Crippen LogP contribution >= 0.6 is 0 Å². The van der Waals surface area contributed by atoms with Crippen molar-refractivity contribution in [3.63, 3.8) is 0 Å². The summed E-state index contributed by atoms with van der Waals surface area (Å²) in [5, 5.41) is 13.7. The Morgan fingerprint density at radius 2 is 1.90 bits per heavy atom. The first-order valence-corrected chi connectivity index (χ1v) is 9.73. The van der Waals surface area contributed by atoms with E-state index in [4.69, 9.17) is 4.42 Å². The summed E-state index contributed by atoms with van der Waals surface area (Å²) in [6.45, 7) is 0. The maximum atomic E-state index is 12.9. The van der Waals surface area contributed by atoms with Crippen molar-refractivity contribution in [1.29, 1.82) is 0 Å². The van der Waals surface area contributed by atoms with Gasteiger partial charge in [-0.25, -0.2) is 4.79 Å². The molecular weight excluding hydrogens is 374 g/mol. The minimum absolute atomic E-state index is 0.0351. The van der Waals surface area contributed by atoms with Gasteiger partial charge in [0.1, 0.15) is 11.5 Å². The molecule has 0 unspecified atom stereocenters. The lowest BCUT2D eigenvalue weighted by molar-refractivity contribution is -0.384. The summed E-state index contributed by atoms with van der Waals surface area (Å²) in [6, 6.07) is 7.36. The van der Waals surface area contributed by atoms with Gasteiger partial charge in [-0.05, 0) is 24.5 Å². The Labute approximate surface area is 167 Å². The smallest absolute Gasteiger partial charge is 0.329 e. The molecule has 0 bridgehead atoms. The van der Waals surface area contributed by atoms with Gasteiger partial charge in [0, 0.05) is 29.8 Å². The third kappa shape index (κ3) is 3.78. The molecule has 2 fully saturated rings. The summed E-state index contributed by atoms with van der Waals surface area (Å²) in [4.78, 5) is 37.3. The topological polar surface area (TPSA) is 106 Å². The van der Waals surface area contributed by atoms with Crippen molar-refractivity contribution >= 4 is 23.7 Å². The summed E-state index contributed by atoms with van der Waals surface area (Å²) < 4.78 is 5.50. The Bertz CT molecular complexity index is 986. The number of carbonyl (C=O) groups excluding carboxylic acids is 2. The number of nitrogens with zero attached hydrogens (tertiary/aromatic N) is 2. The lowest BCUT2D eigenvalue weighted by Gasteiger charge is -2.23. The van der Waals surface area contributed by atoms with Crippen LogP contribution in [0, 0.1) is 10.1 Å². The van der Waals surface area contributed by atoms with E-state index in [0.29, 0.717) is 16.9 Å². The first kappa shape index (κ1) is 18.9. The van der Waals surface area contributed by atoms with E-state index >= 15 is 0 Å². The maximum absolute atomic E-state index is 12.9. The van der Waals surface area contributed by atoms with Crippen molar-refractivity contribution in [2.24, 2.45) is 0 Å². The Morgan fingerprint density at radius 1 is 1.14 bits per heavy atom. The average Bonchev–Trinajstić information content (AvgIpc) is 3.16. The molecule has 8 nitrogen and oxygen atoms in total. The standard InChI is InChI=1S/C21H21N3O5/c25-20-18(22-21(26)23(20)15-7-3-1-2-4-8-15)13-19-17(10-11-29-19)14-6-5-9-16(12-14)24(27)28/h5-6,9-13,15H,1-4,7-8H2,(H,22,26). The van der Waals surface area contributed by atoms with Crippen LogP contribution in [-0.4, -0.2) is 27.8 Å². The number of furan rings is 1. The minimum atomic E-state index is -0.465. The molecular formula is C21H21N3O5. The molecule has 1 aromatic heterocycles. The van der Waals surface area contributed by atoms with Gasteiger partial charge < -0.3 is 9.73 Å². The van der Waals surface area contributed by atoms with E-state index in [1.54, 1.807) is 18.2 Å². The molecule has 2 aromatic rings. The molecule has 0 atom stereocenters. The van der Waals surface area contributed by atoms with Gasteiger partial charge in [-0.1, -0.05) is 37.8 Å². The Hall–Kier alpha value is -3.42. The summed E-state index contributed by atoms with van der Waals surface area (Å²) in [7, 11) is 0. The van der Waals surface area contributed by atoms with Crippen molar-refractivity contribution in [2.75, 3.05) is 0 Å². The Morgan fingerprint density at radius 3 is 2.62 bits per heavy atom. The van der Waals surface area contributed by atoms with Crippen molar-refractivity contribution in [3.05, 3.63) is 58.2 Å². The number of carbonyl (C=O) groups is 2. The molecule has 150 valence electrons. The van der Waals surface area contributed by atoms with Gasteiger partial charge in [0.2, 0.25) is 0 Å². The number of amides is 3. The van der Waals surface area contributed by atoms with Crippen molar-refractivity contribution in [1.82, 2.24) is 10.2 Å². The normalized spacial score (nSPS) is 19.4. The van der Waals surface area contributed by atoms with Crippen LogP contribution < -0.4 is 5.32 Å². The number of imide groups is 1. The van der Waals surface area contributed by atoms with Gasteiger partial charge in [-0.15, -0.1) is 0 Å². The Kier molecular flexibility index (Phi) is 5.16. The third-order valence-electron chi connectivity index (χ3n) is 5.44. The number of nitro benzene ring substituents is 1. The highest BCUT2D eigenvalue weighted by Gasteiger charge is 2.38. The first-order chi connectivity index (χ1) is 14.0. The molecule has 4 rings (SSSR count). The van der Waals surface area contributed by atoms with Crippen LogP contribution in [-0.2, 0) is 4.79 Å². The molecule has 1 saturated carbocycles. The molecule has 2 aliphatic rings. The summed E-state index contributed by atoms with van der Waals surface area (Å²) in [5.41, 5.74) is 1.32. The van der Waals surface area contributed by atoms with Crippen LogP contribution in [0.25, 0.3) is 17.2 Å². The summed E-state index contributed by atoms with van der Waals surface area (Å²) in [6.07, 6.45) is 8.86. The second kappa shape index (κ2) is 7.90. The number of hydrogen-bond donors (Lipinski definition) is 1. The maximum Gasteiger partial charge on any atom is 0.329 e.